The van der Waals surface area contributed by atoms with Gasteiger partial charge in [-0.1, -0.05) is 24.3 Å². The van der Waals surface area contributed by atoms with Gasteiger partial charge in [-0.15, -0.1) is 0 Å². The number of carboxylic acid groups (broad SMARTS) is 1. The molecule has 1 aromatic carbocycles. The number of rotatable bonds is 3. The molecule has 1 atom stereocenters. The molecule has 1 fully saturated rings. The highest BCUT2D eigenvalue weighted by molar-refractivity contribution is 7.99. The maximum atomic E-state index is 11.7. The van der Waals surface area contributed by atoms with Crippen LogP contribution in [0.25, 0.3) is 6.08 Å². The molecule has 1 N–H and O–H groups in total. The normalized spacial score (nSPS) is 19.4. The second kappa shape index (κ2) is 6.06. The van der Waals surface area contributed by atoms with Gasteiger partial charge in [-0.25, -0.2) is 0 Å². The van der Waals surface area contributed by atoms with E-state index in [1.165, 1.54) is 0 Å². The molecule has 1 aliphatic heterocycles. The summed E-state index contributed by atoms with van der Waals surface area (Å²) in [5.74, 6) is 0.567. The van der Waals surface area contributed by atoms with Gasteiger partial charge >= 0.3 is 5.97 Å². The topological polar surface area (TPSA) is 54.4 Å². The van der Waals surface area contributed by atoms with Gasteiger partial charge in [0.05, 0.1) is 5.92 Å². The lowest BCUT2D eigenvalue weighted by Gasteiger charge is -2.12. The molecule has 1 aromatic rings. The highest BCUT2D eigenvalue weighted by Crippen LogP contribution is 2.22. The molecule has 0 aliphatic carbocycles. The minimum Gasteiger partial charge on any atom is -0.481 e. The van der Waals surface area contributed by atoms with Crippen LogP contribution >= 0.6 is 11.8 Å². The summed E-state index contributed by atoms with van der Waals surface area (Å²) in [5, 5.41) is 8.94. The smallest absolute Gasteiger partial charge is 0.310 e. The predicted octanol–water partition coefficient (Wildman–Crippen LogP) is 2.96. The Bertz CT molecular complexity index is 517. The molecule has 100 valence electrons. The molecule has 1 unspecified atom stereocenters. The third-order valence-electron chi connectivity index (χ3n) is 3.24. The molecule has 1 aliphatic rings. The predicted molar refractivity (Wildman–Crippen MR) is 77.4 cm³/mol. The van der Waals surface area contributed by atoms with Crippen LogP contribution in [0.4, 0.5) is 0 Å². The van der Waals surface area contributed by atoms with Crippen LogP contribution in [0.2, 0.25) is 0 Å². The Morgan fingerprint density at radius 1 is 1.37 bits per heavy atom. The summed E-state index contributed by atoms with van der Waals surface area (Å²) in [6, 6.07) is 7.36. The first-order valence-corrected chi connectivity index (χ1v) is 7.37. The molecule has 2 rings (SSSR count). The lowest BCUT2D eigenvalue weighted by molar-refractivity contribution is -0.138. The molecule has 0 saturated carbocycles. The Morgan fingerprint density at radius 2 is 2.05 bits per heavy atom. The minimum atomic E-state index is -0.829. The average molecular weight is 276 g/mol. The Labute approximate surface area is 116 Å². The number of carbonyl (C=O) groups excluding carboxylic acids is 1. The van der Waals surface area contributed by atoms with Gasteiger partial charge in [0.15, 0.2) is 5.78 Å². The summed E-state index contributed by atoms with van der Waals surface area (Å²) in [5.41, 5.74) is 2.58. The highest BCUT2D eigenvalue weighted by Gasteiger charge is 2.15. The molecule has 3 nitrogen and oxygen atoms in total. The van der Waals surface area contributed by atoms with Crippen molar-refractivity contribution in [3.63, 3.8) is 0 Å². The van der Waals surface area contributed by atoms with Crippen LogP contribution in [0.15, 0.2) is 29.8 Å². The molecule has 1 saturated heterocycles. The molecule has 4 heteroatoms. The van der Waals surface area contributed by atoms with Gasteiger partial charge < -0.3 is 5.11 Å². The first kappa shape index (κ1) is 13.9. The number of Topliss-reactive ketones (excluding diaryl/α,β-unsaturated/α-hetero) is 1. The van der Waals surface area contributed by atoms with Crippen molar-refractivity contribution in [3.8, 4) is 0 Å². The largest absolute Gasteiger partial charge is 0.481 e. The molecule has 0 aromatic heterocycles. The van der Waals surface area contributed by atoms with Gasteiger partial charge in [0.2, 0.25) is 0 Å². The first-order valence-electron chi connectivity index (χ1n) is 6.22. The number of hydrogen-bond donors (Lipinski definition) is 1. The monoisotopic (exact) mass is 276 g/mol. The quantitative estimate of drug-likeness (QED) is 0.862. The molecule has 19 heavy (non-hydrogen) atoms. The number of hydrogen-bond acceptors (Lipinski definition) is 3. The zero-order valence-corrected chi connectivity index (χ0v) is 11.6. The van der Waals surface area contributed by atoms with Crippen molar-refractivity contribution in [1.82, 2.24) is 0 Å². The number of ketones is 1. The van der Waals surface area contributed by atoms with Crippen molar-refractivity contribution in [2.24, 2.45) is 0 Å². The summed E-state index contributed by atoms with van der Waals surface area (Å²) < 4.78 is 0. The van der Waals surface area contributed by atoms with Crippen molar-refractivity contribution in [1.29, 1.82) is 0 Å². The molecular weight excluding hydrogens is 260 g/mol. The SMILES string of the molecule is CC(C(=O)O)c1ccc(C=C2CSCCC2=O)cc1. The molecule has 0 amide bonds. The van der Waals surface area contributed by atoms with Crippen LogP contribution < -0.4 is 0 Å². The van der Waals surface area contributed by atoms with Crippen LogP contribution in [0, 0.1) is 0 Å². The van der Waals surface area contributed by atoms with E-state index in [1.54, 1.807) is 18.7 Å². The van der Waals surface area contributed by atoms with Crippen molar-refractivity contribution < 1.29 is 14.7 Å². The van der Waals surface area contributed by atoms with Crippen molar-refractivity contribution >= 4 is 29.6 Å². The molecule has 0 spiro atoms. The molecule has 0 bridgehead atoms. The van der Waals surface area contributed by atoms with Crippen molar-refractivity contribution in [2.75, 3.05) is 11.5 Å². The van der Waals surface area contributed by atoms with Gasteiger partial charge in [-0.05, 0) is 24.1 Å². The molecule has 0 radical (unpaired) electrons. The second-order valence-corrected chi connectivity index (χ2v) is 5.73. The van der Waals surface area contributed by atoms with Gasteiger partial charge in [0.25, 0.3) is 0 Å². The maximum Gasteiger partial charge on any atom is 0.310 e. The third kappa shape index (κ3) is 3.47. The Morgan fingerprint density at radius 3 is 2.63 bits per heavy atom. The van der Waals surface area contributed by atoms with E-state index in [-0.39, 0.29) is 5.78 Å². The van der Waals surface area contributed by atoms with E-state index in [0.29, 0.717) is 6.42 Å². The van der Waals surface area contributed by atoms with E-state index in [1.807, 2.05) is 30.3 Å². The van der Waals surface area contributed by atoms with E-state index in [0.717, 1.165) is 28.2 Å². The fourth-order valence-electron chi connectivity index (χ4n) is 1.93. The van der Waals surface area contributed by atoms with E-state index in [4.69, 9.17) is 5.11 Å². The summed E-state index contributed by atoms with van der Waals surface area (Å²) in [6.07, 6.45) is 2.52. The molecular formula is C15H16O3S. The lowest BCUT2D eigenvalue weighted by Crippen LogP contribution is -2.12. The van der Waals surface area contributed by atoms with Gasteiger partial charge in [0.1, 0.15) is 0 Å². The standard InChI is InChI=1S/C15H16O3S/c1-10(15(17)18)12-4-2-11(3-5-12)8-13-9-19-7-6-14(13)16/h2-5,8,10H,6-7,9H2,1H3,(H,17,18). The Hall–Kier alpha value is -1.55. The van der Waals surface area contributed by atoms with Gasteiger partial charge in [-0.2, -0.15) is 11.8 Å². The fourth-order valence-corrected chi connectivity index (χ4v) is 2.87. The number of thioether (sulfide) groups is 1. The minimum absolute atomic E-state index is 0.224. The summed E-state index contributed by atoms with van der Waals surface area (Å²) in [6.45, 7) is 1.66. The number of carboxylic acids is 1. The summed E-state index contributed by atoms with van der Waals surface area (Å²) in [4.78, 5) is 22.6. The Kier molecular flexibility index (Phi) is 4.43. The fraction of sp³-hybridized carbons (Fsp3) is 0.333. The highest BCUT2D eigenvalue weighted by atomic mass is 32.2. The Balaban J connectivity index is 2.16. The van der Waals surface area contributed by atoms with Crippen LogP contribution in [-0.4, -0.2) is 28.4 Å². The summed E-state index contributed by atoms with van der Waals surface area (Å²) in [7, 11) is 0. The second-order valence-electron chi connectivity index (χ2n) is 4.62. The number of benzene rings is 1. The van der Waals surface area contributed by atoms with Crippen LogP contribution in [0.1, 0.15) is 30.4 Å². The summed E-state index contributed by atoms with van der Waals surface area (Å²) >= 11 is 1.77. The first-order chi connectivity index (χ1) is 9.08. The van der Waals surface area contributed by atoms with Crippen LogP contribution in [0.5, 0.6) is 0 Å². The average Bonchev–Trinajstić information content (AvgIpc) is 2.41. The number of carbonyl (C=O) groups is 2. The zero-order chi connectivity index (χ0) is 13.8. The molecule has 1 heterocycles. The third-order valence-corrected chi connectivity index (χ3v) is 4.24. The van der Waals surface area contributed by atoms with Crippen LogP contribution in [0.3, 0.4) is 0 Å². The lowest BCUT2D eigenvalue weighted by atomic mass is 9.99. The van der Waals surface area contributed by atoms with Crippen molar-refractivity contribution in [2.45, 2.75) is 19.3 Å². The zero-order valence-electron chi connectivity index (χ0n) is 10.8. The van der Waals surface area contributed by atoms with Crippen LogP contribution in [-0.2, 0) is 9.59 Å². The van der Waals surface area contributed by atoms with E-state index in [9.17, 15) is 9.59 Å². The number of aliphatic carboxylic acids is 1. The van der Waals surface area contributed by atoms with Crippen molar-refractivity contribution in [3.05, 3.63) is 41.0 Å². The van der Waals surface area contributed by atoms with E-state index >= 15 is 0 Å². The van der Waals surface area contributed by atoms with E-state index < -0.39 is 11.9 Å². The van der Waals surface area contributed by atoms with Gasteiger partial charge in [-0.3, -0.25) is 9.59 Å². The van der Waals surface area contributed by atoms with Gasteiger partial charge in [0, 0.05) is 23.5 Å². The maximum absolute atomic E-state index is 11.7. The van der Waals surface area contributed by atoms with E-state index in [2.05, 4.69) is 0 Å².